The van der Waals surface area contributed by atoms with Crippen LogP contribution in [0.2, 0.25) is 0 Å². The molecule has 4 rings (SSSR count). The van der Waals surface area contributed by atoms with Crippen molar-refractivity contribution in [2.75, 3.05) is 16.8 Å². The molecule has 1 aliphatic heterocycles. The molecule has 2 heterocycles. The van der Waals surface area contributed by atoms with Gasteiger partial charge in [-0.25, -0.2) is 4.98 Å². The molecular weight excluding hydrogens is 443 g/mol. The van der Waals surface area contributed by atoms with Gasteiger partial charge in [-0.2, -0.15) is 18.4 Å². The molecule has 1 aromatic heterocycles. The molecule has 1 aromatic carbocycles. The smallest absolute Gasteiger partial charge is 0.338 e. The Bertz CT molecular complexity index is 1100. The number of rotatable bonds is 4. The average molecular weight is 472 g/mol. The number of pyridine rings is 1. The van der Waals surface area contributed by atoms with Crippen molar-refractivity contribution < 1.29 is 18.0 Å². The van der Waals surface area contributed by atoms with Crippen LogP contribution in [0.5, 0.6) is 0 Å². The summed E-state index contributed by atoms with van der Waals surface area (Å²) < 4.78 is 37.6. The summed E-state index contributed by atoms with van der Waals surface area (Å²) in [4.78, 5) is 19.9. The number of hydrogen-bond acceptors (Lipinski definition) is 5. The fourth-order valence-corrected chi connectivity index (χ4v) is 4.60. The standard InChI is InChI=1S/C25H28F3N5O/c1-24(2,14-29)18-7-10-20-21(12-18)33(13-17-4-3-11-30-22(17)32-20)23(34)16-5-8-19(9-6-16)31-15-25(26,27)28/h3-4,7,10-12,16,19,31H,5-6,8-9,13,15H2,1-2H3,(H,30,32)/t16-,19+. The van der Waals surface area contributed by atoms with E-state index in [1.165, 1.54) is 0 Å². The van der Waals surface area contributed by atoms with Crippen molar-refractivity contribution in [3.05, 3.63) is 47.7 Å². The minimum Gasteiger partial charge on any atom is -0.338 e. The molecule has 1 aliphatic carbocycles. The second kappa shape index (κ2) is 9.26. The third-order valence-corrected chi connectivity index (χ3v) is 6.70. The number of nitrogens with zero attached hydrogens (tertiary/aromatic N) is 3. The van der Waals surface area contributed by atoms with Gasteiger partial charge < -0.3 is 15.5 Å². The molecule has 180 valence electrons. The van der Waals surface area contributed by atoms with Crippen molar-refractivity contribution in [1.82, 2.24) is 10.3 Å². The lowest BCUT2D eigenvalue weighted by Gasteiger charge is -2.33. The molecule has 0 saturated heterocycles. The van der Waals surface area contributed by atoms with E-state index < -0.39 is 18.1 Å². The summed E-state index contributed by atoms with van der Waals surface area (Å²) >= 11 is 0. The first-order valence-corrected chi connectivity index (χ1v) is 11.5. The number of aromatic nitrogens is 1. The number of nitrogens with one attached hydrogen (secondary N) is 2. The Kier molecular flexibility index (Phi) is 6.54. The lowest BCUT2D eigenvalue weighted by molar-refractivity contribution is -0.128. The molecule has 1 fully saturated rings. The minimum atomic E-state index is -4.24. The van der Waals surface area contributed by atoms with E-state index in [4.69, 9.17) is 0 Å². The summed E-state index contributed by atoms with van der Waals surface area (Å²) in [6.07, 6.45) is -0.471. The van der Waals surface area contributed by atoms with E-state index in [1.54, 1.807) is 11.1 Å². The molecule has 0 atom stereocenters. The highest BCUT2D eigenvalue weighted by atomic mass is 19.4. The van der Waals surface area contributed by atoms with Gasteiger partial charge in [0.1, 0.15) is 5.82 Å². The predicted molar refractivity (Wildman–Crippen MR) is 124 cm³/mol. The van der Waals surface area contributed by atoms with Crippen molar-refractivity contribution >= 4 is 23.1 Å². The van der Waals surface area contributed by atoms with E-state index >= 15 is 0 Å². The van der Waals surface area contributed by atoms with Crippen molar-refractivity contribution in [3.63, 3.8) is 0 Å². The first kappa shape index (κ1) is 24.0. The fraction of sp³-hybridized carbons (Fsp3) is 0.480. The summed E-state index contributed by atoms with van der Waals surface area (Å²) in [6, 6.07) is 11.4. The molecular formula is C25H28F3N5O. The number of anilines is 3. The molecule has 9 heteroatoms. The highest BCUT2D eigenvalue weighted by Crippen LogP contribution is 2.40. The Balaban J connectivity index is 1.60. The maximum atomic E-state index is 13.7. The maximum absolute atomic E-state index is 13.7. The van der Waals surface area contributed by atoms with Crippen molar-refractivity contribution in [3.8, 4) is 6.07 Å². The van der Waals surface area contributed by atoms with Gasteiger partial charge in [0.2, 0.25) is 5.91 Å². The van der Waals surface area contributed by atoms with Crippen LogP contribution in [0.4, 0.5) is 30.4 Å². The molecule has 6 nitrogen and oxygen atoms in total. The molecule has 1 saturated carbocycles. The lowest BCUT2D eigenvalue weighted by Crippen LogP contribution is -2.42. The van der Waals surface area contributed by atoms with Gasteiger partial charge in [-0.3, -0.25) is 4.79 Å². The van der Waals surface area contributed by atoms with Crippen LogP contribution in [-0.2, 0) is 16.8 Å². The van der Waals surface area contributed by atoms with Crippen LogP contribution in [0, 0.1) is 17.2 Å². The van der Waals surface area contributed by atoms with Crippen LogP contribution in [0.1, 0.15) is 50.7 Å². The van der Waals surface area contributed by atoms with Crippen molar-refractivity contribution in [2.45, 2.75) is 63.7 Å². The van der Waals surface area contributed by atoms with Crippen LogP contribution < -0.4 is 15.5 Å². The predicted octanol–water partition coefficient (Wildman–Crippen LogP) is 5.18. The minimum absolute atomic E-state index is 0.0547. The topological polar surface area (TPSA) is 81.1 Å². The SMILES string of the molecule is CC(C)(C#N)c1ccc2c(c1)N(C(=O)[C@H]1CC[C@@H](NCC(F)(F)F)CC1)Cc1cccnc1N2. The number of nitriles is 1. The van der Waals surface area contributed by atoms with Crippen LogP contribution in [0.25, 0.3) is 0 Å². The molecule has 0 radical (unpaired) electrons. The zero-order chi connectivity index (χ0) is 24.5. The molecule has 2 aromatic rings. The summed E-state index contributed by atoms with van der Waals surface area (Å²) in [6.45, 7) is 2.97. The number of amides is 1. The van der Waals surface area contributed by atoms with Gasteiger partial charge in [0, 0.05) is 23.7 Å². The third kappa shape index (κ3) is 5.17. The van der Waals surface area contributed by atoms with Crippen LogP contribution in [-0.4, -0.2) is 29.7 Å². The first-order valence-electron chi connectivity index (χ1n) is 11.5. The molecule has 1 amide bonds. The summed E-state index contributed by atoms with van der Waals surface area (Å²) in [5.41, 5.74) is 2.34. The van der Waals surface area contributed by atoms with Gasteiger partial charge in [0.05, 0.1) is 35.9 Å². The summed E-state index contributed by atoms with van der Waals surface area (Å²) in [5, 5.41) is 15.5. The zero-order valence-corrected chi connectivity index (χ0v) is 19.2. The quantitative estimate of drug-likeness (QED) is 0.642. The summed E-state index contributed by atoms with van der Waals surface area (Å²) in [5.74, 6) is 0.343. The number of alkyl halides is 3. The van der Waals surface area contributed by atoms with E-state index in [9.17, 15) is 23.2 Å². The number of halogens is 3. The van der Waals surface area contributed by atoms with Crippen LogP contribution in [0.3, 0.4) is 0 Å². The van der Waals surface area contributed by atoms with Crippen molar-refractivity contribution in [1.29, 1.82) is 5.26 Å². The molecule has 2 aliphatic rings. The van der Waals surface area contributed by atoms with E-state index in [2.05, 4.69) is 21.7 Å². The van der Waals surface area contributed by atoms with E-state index in [0.717, 1.165) is 16.8 Å². The third-order valence-electron chi connectivity index (χ3n) is 6.70. The second-order valence-electron chi connectivity index (χ2n) is 9.57. The van der Waals surface area contributed by atoms with E-state index in [0.29, 0.717) is 43.7 Å². The molecule has 0 unspecified atom stereocenters. The fourth-order valence-electron chi connectivity index (χ4n) is 4.60. The number of carbonyl (C=O) groups is 1. The Morgan fingerprint density at radius 1 is 1.24 bits per heavy atom. The van der Waals surface area contributed by atoms with Crippen LogP contribution >= 0.6 is 0 Å². The highest BCUT2D eigenvalue weighted by molar-refractivity contribution is 5.99. The summed E-state index contributed by atoms with van der Waals surface area (Å²) in [7, 11) is 0. The zero-order valence-electron chi connectivity index (χ0n) is 19.2. The Labute approximate surface area is 197 Å². The van der Waals surface area contributed by atoms with Gasteiger partial charge in [-0.15, -0.1) is 0 Å². The normalized spacial score (nSPS) is 20.4. The highest BCUT2D eigenvalue weighted by Gasteiger charge is 2.35. The molecule has 2 N–H and O–H groups in total. The lowest BCUT2D eigenvalue weighted by atomic mass is 9.84. The van der Waals surface area contributed by atoms with Crippen LogP contribution in [0.15, 0.2) is 36.5 Å². The number of benzene rings is 1. The van der Waals surface area contributed by atoms with Gasteiger partial charge in [0.25, 0.3) is 0 Å². The van der Waals surface area contributed by atoms with E-state index in [-0.39, 0.29) is 17.9 Å². The van der Waals surface area contributed by atoms with Gasteiger partial charge in [0.15, 0.2) is 0 Å². The first-order chi connectivity index (χ1) is 16.1. The second-order valence-corrected chi connectivity index (χ2v) is 9.57. The van der Waals surface area contributed by atoms with E-state index in [1.807, 2.05) is 44.2 Å². The molecule has 0 spiro atoms. The van der Waals surface area contributed by atoms with Gasteiger partial charge >= 0.3 is 6.18 Å². The number of hydrogen-bond donors (Lipinski definition) is 2. The largest absolute Gasteiger partial charge is 0.401 e. The van der Waals surface area contributed by atoms with Gasteiger partial charge in [-0.05, 0) is 63.3 Å². The molecule has 34 heavy (non-hydrogen) atoms. The van der Waals surface area contributed by atoms with Gasteiger partial charge in [-0.1, -0.05) is 12.1 Å². The Hall–Kier alpha value is -3.12. The number of carbonyl (C=O) groups excluding carboxylic acids is 1. The van der Waals surface area contributed by atoms with Crippen molar-refractivity contribution in [2.24, 2.45) is 5.92 Å². The monoisotopic (exact) mass is 471 g/mol. The molecule has 0 bridgehead atoms. The number of fused-ring (bicyclic) bond motifs is 2. The maximum Gasteiger partial charge on any atom is 0.401 e. The Morgan fingerprint density at radius 3 is 2.65 bits per heavy atom. The Morgan fingerprint density at radius 2 is 1.97 bits per heavy atom. The average Bonchev–Trinajstić information content (AvgIpc) is 2.98.